The Morgan fingerprint density at radius 2 is 1.86 bits per heavy atom. The molecule has 1 saturated carbocycles. The fraction of sp³-hybridized carbons (Fsp3) is 0.375. The highest BCUT2D eigenvalue weighted by Crippen LogP contribution is 2.17. The van der Waals surface area contributed by atoms with Gasteiger partial charge in [-0.15, -0.1) is 0 Å². The second kappa shape index (κ2) is 3.49. The van der Waals surface area contributed by atoms with Gasteiger partial charge < -0.3 is 5.11 Å². The Kier molecular flexibility index (Phi) is 2.55. The molecule has 1 fully saturated rings. The standard InChI is InChI=1S/C8H6O6/c9-3-1-5(11)8(14)7(3)4(10)2-6(12)13/h7H,1-2H2,(H,12,13). The number of hydrogen-bond donors (Lipinski definition) is 1. The van der Waals surface area contributed by atoms with E-state index in [4.69, 9.17) is 5.11 Å². The highest BCUT2D eigenvalue weighted by Gasteiger charge is 2.44. The molecule has 74 valence electrons. The SMILES string of the molecule is O=C(O)CC(=O)C1C(=O)CC(=O)C1=O. The van der Waals surface area contributed by atoms with Crippen molar-refractivity contribution in [3.05, 3.63) is 0 Å². The van der Waals surface area contributed by atoms with E-state index in [1.165, 1.54) is 0 Å². The summed E-state index contributed by atoms with van der Waals surface area (Å²) in [6.45, 7) is 0. The first-order valence-electron chi connectivity index (χ1n) is 3.77. The third kappa shape index (κ3) is 1.73. The van der Waals surface area contributed by atoms with Gasteiger partial charge in [0.2, 0.25) is 11.6 Å². The van der Waals surface area contributed by atoms with Crippen molar-refractivity contribution in [1.82, 2.24) is 0 Å². The average Bonchev–Trinajstić information content (AvgIpc) is 2.25. The normalized spacial score (nSPS) is 21.4. The molecule has 0 aromatic carbocycles. The van der Waals surface area contributed by atoms with E-state index in [-0.39, 0.29) is 0 Å². The topological polar surface area (TPSA) is 106 Å². The van der Waals surface area contributed by atoms with Crippen molar-refractivity contribution in [1.29, 1.82) is 0 Å². The predicted octanol–water partition coefficient (Wildman–Crippen LogP) is -1.24. The molecule has 1 rings (SSSR count). The van der Waals surface area contributed by atoms with Gasteiger partial charge in [0.15, 0.2) is 11.6 Å². The van der Waals surface area contributed by atoms with Crippen LogP contribution in [0.4, 0.5) is 0 Å². The minimum atomic E-state index is -1.67. The molecule has 6 heteroatoms. The second-order valence-corrected chi connectivity index (χ2v) is 2.90. The van der Waals surface area contributed by atoms with Crippen molar-refractivity contribution >= 4 is 29.1 Å². The average molecular weight is 198 g/mol. The predicted molar refractivity (Wildman–Crippen MR) is 40.4 cm³/mol. The van der Waals surface area contributed by atoms with E-state index >= 15 is 0 Å². The third-order valence-electron chi connectivity index (χ3n) is 1.84. The quantitative estimate of drug-likeness (QED) is 0.449. The summed E-state index contributed by atoms with van der Waals surface area (Å²) in [6.07, 6.45) is -1.50. The number of hydrogen-bond acceptors (Lipinski definition) is 5. The van der Waals surface area contributed by atoms with Crippen LogP contribution in [0.15, 0.2) is 0 Å². The lowest BCUT2D eigenvalue weighted by Crippen LogP contribution is -2.28. The number of Topliss-reactive ketones (excluding diaryl/α,β-unsaturated/α-hetero) is 4. The molecule has 1 N–H and O–H groups in total. The molecule has 0 aromatic heterocycles. The summed E-state index contributed by atoms with van der Waals surface area (Å²) >= 11 is 0. The van der Waals surface area contributed by atoms with Crippen LogP contribution >= 0.6 is 0 Å². The van der Waals surface area contributed by atoms with Crippen molar-refractivity contribution in [3.63, 3.8) is 0 Å². The van der Waals surface area contributed by atoms with E-state index in [1.807, 2.05) is 0 Å². The molecule has 1 aliphatic rings. The molecule has 0 bridgehead atoms. The van der Waals surface area contributed by atoms with Crippen molar-refractivity contribution in [3.8, 4) is 0 Å². The minimum absolute atomic E-state index is 0.588. The van der Waals surface area contributed by atoms with Gasteiger partial charge in [-0.25, -0.2) is 0 Å². The second-order valence-electron chi connectivity index (χ2n) is 2.90. The molecule has 1 atom stereocenters. The Hall–Kier alpha value is -1.85. The molecule has 0 saturated heterocycles. The number of carboxylic acid groups (broad SMARTS) is 1. The van der Waals surface area contributed by atoms with Gasteiger partial charge in [-0.05, 0) is 0 Å². The smallest absolute Gasteiger partial charge is 0.310 e. The first-order chi connectivity index (χ1) is 6.43. The molecular formula is C8H6O6. The van der Waals surface area contributed by atoms with Gasteiger partial charge in [0.1, 0.15) is 12.3 Å². The Labute approximate surface area is 77.9 Å². The van der Waals surface area contributed by atoms with Gasteiger partial charge in [0, 0.05) is 0 Å². The molecule has 0 heterocycles. The molecule has 0 radical (unpaired) electrons. The summed E-state index contributed by atoms with van der Waals surface area (Å²) in [5.41, 5.74) is 0. The van der Waals surface area contributed by atoms with Crippen LogP contribution in [0.5, 0.6) is 0 Å². The van der Waals surface area contributed by atoms with Crippen LogP contribution in [0.1, 0.15) is 12.8 Å². The summed E-state index contributed by atoms with van der Waals surface area (Å²) in [4.78, 5) is 53.8. The van der Waals surface area contributed by atoms with Gasteiger partial charge in [0.25, 0.3) is 0 Å². The Bertz CT molecular complexity index is 353. The number of carbonyl (C=O) groups is 5. The molecule has 0 amide bonds. The first kappa shape index (κ1) is 10.2. The maximum atomic E-state index is 11.0. The molecule has 0 aromatic rings. The first-order valence-corrected chi connectivity index (χ1v) is 3.77. The van der Waals surface area contributed by atoms with Crippen LogP contribution in [0, 0.1) is 5.92 Å². The van der Waals surface area contributed by atoms with Gasteiger partial charge in [0.05, 0.1) is 6.42 Å². The van der Waals surface area contributed by atoms with Crippen LogP contribution in [0.3, 0.4) is 0 Å². The summed E-state index contributed by atoms with van der Waals surface area (Å²) < 4.78 is 0. The van der Waals surface area contributed by atoms with Crippen molar-refractivity contribution < 1.29 is 29.1 Å². The number of ketones is 4. The molecule has 1 aliphatic carbocycles. The maximum Gasteiger partial charge on any atom is 0.310 e. The van der Waals surface area contributed by atoms with Crippen molar-refractivity contribution in [2.45, 2.75) is 12.8 Å². The van der Waals surface area contributed by atoms with Crippen molar-refractivity contribution in [2.75, 3.05) is 0 Å². The van der Waals surface area contributed by atoms with E-state index in [2.05, 4.69) is 0 Å². The Balaban J connectivity index is 2.83. The summed E-state index contributed by atoms with van der Waals surface area (Å²) in [6, 6.07) is 0. The highest BCUT2D eigenvalue weighted by atomic mass is 16.4. The minimum Gasteiger partial charge on any atom is -0.481 e. The number of carbonyl (C=O) groups excluding carboxylic acids is 4. The van der Waals surface area contributed by atoms with Gasteiger partial charge >= 0.3 is 5.97 Å². The van der Waals surface area contributed by atoms with E-state index < -0.39 is 47.9 Å². The zero-order chi connectivity index (χ0) is 10.9. The van der Waals surface area contributed by atoms with Crippen LogP contribution in [0.25, 0.3) is 0 Å². The molecule has 0 aliphatic heterocycles. The number of aliphatic carboxylic acids is 1. The summed E-state index contributed by atoms with van der Waals surface area (Å²) in [7, 11) is 0. The van der Waals surface area contributed by atoms with Crippen LogP contribution in [-0.4, -0.2) is 34.2 Å². The van der Waals surface area contributed by atoms with Crippen LogP contribution < -0.4 is 0 Å². The summed E-state index contributed by atoms with van der Waals surface area (Å²) in [5.74, 6) is -6.90. The Morgan fingerprint density at radius 3 is 2.21 bits per heavy atom. The van der Waals surface area contributed by atoms with Gasteiger partial charge in [-0.2, -0.15) is 0 Å². The molecular weight excluding hydrogens is 192 g/mol. The number of rotatable bonds is 3. The van der Waals surface area contributed by atoms with Crippen molar-refractivity contribution in [2.24, 2.45) is 5.92 Å². The molecule has 6 nitrogen and oxygen atoms in total. The van der Waals surface area contributed by atoms with E-state index in [1.54, 1.807) is 0 Å². The van der Waals surface area contributed by atoms with Crippen LogP contribution in [-0.2, 0) is 24.0 Å². The fourth-order valence-corrected chi connectivity index (χ4v) is 1.23. The lowest BCUT2D eigenvalue weighted by Gasteiger charge is -2.00. The molecule has 14 heavy (non-hydrogen) atoms. The largest absolute Gasteiger partial charge is 0.481 e. The lowest BCUT2D eigenvalue weighted by atomic mass is 9.98. The maximum absolute atomic E-state index is 11.0. The highest BCUT2D eigenvalue weighted by molar-refractivity contribution is 6.54. The zero-order valence-corrected chi connectivity index (χ0v) is 6.98. The molecule has 0 spiro atoms. The lowest BCUT2D eigenvalue weighted by molar-refractivity contribution is -0.144. The molecule has 1 unspecified atom stereocenters. The van der Waals surface area contributed by atoms with Crippen LogP contribution in [0.2, 0.25) is 0 Å². The van der Waals surface area contributed by atoms with E-state index in [0.29, 0.717) is 0 Å². The van der Waals surface area contributed by atoms with E-state index in [0.717, 1.165) is 0 Å². The Morgan fingerprint density at radius 1 is 1.29 bits per heavy atom. The van der Waals surface area contributed by atoms with Gasteiger partial charge in [-0.1, -0.05) is 0 Å². The summed E-state index contributed by atoms with van der Waals surface area (Å²) in [5, 5.41) is 8.25. The number of carboxylic acids is 1. The van der Waals surface area contributed by atoms with E-state index in [9.17, 15) is 24.0 Å². The zero-order valence-electron chi connectivity index (χ0n) is 6.98. The third-order valence-corrected chi connectivity index (χ3v) is 1.84. The fourth-order valence-electron chi connectivity index (χ4n) is 1.23. The van der Waals surface area contributed by atoms with Gasteiger partial charge in [-0.3, -0.25) is 24.0 Å². The monoisotopic (exact) mass is 198 g/mol.